The largest absolute Gasteiger partial charge is 0.384 e. The van der Waals surface area contributed by atoms with Gasteiger partial charge in [0.25, 0.3) is 0 Å². The van der Waals surface area contributed by atoms with Crippen LogP contribution in [0.25, 0.3) is 11.1 Å². The monoisotopic (exact) mass is 257 g/mol. The Bertz CT molecular complexity index is 514. The molecular weight excluding hydrogens is 234 g/mol. The van der Waals surface area contributed by atoms with Crippen molar-refractivity contribution in [2.45, 2.75) is 33.2 Å². The lowest BCUT2D eigenvalue weighted by atomic mass is 10.0. The summed E-state index contributed by atoms with van der Waals surface area (Å²) in [5, 5.41) is 0. The van der Waals surface area contributed by atoms with Crippen LogP contribution >= 0.6 is 0 Å². The highest BCUT2D eigenvalue weighted by Crippen LogP contribution is 2.28. The molecule has 0 unspecified atom stereocenters. The van der Waals surface area contributed by atoms with E-state index >= 15 is 0 Å². The summed E-state index contributed by atoms with van der Waals surface area (Å²) < 4.78 is 7.65. The van der Waals surface area contributed by atoms with E-state index in [0.29, 0.717) is 0 Å². The molecule has 0 spiro atoms. The van der Waals surface area contributed by atoms with Crippen LogP contribution in [0.15, 0.2) is 36.4 Å². The van der Waals surface area contributed by atoms with Crippen LogP contribution < -0.4 is 0 Å². The molecule has 0 N–H and O–H groups in total. The quantitative estimate of drug-likeness (QED) is 0.765. The molecule has 0 saturated heterocycles. The van der Waals surface area contributed by atoms with Crippen molar-refractivity contribution < 1.29 is 4.74 Å². The maximum atomic E-state index is 5.22. The predicted molar refractivity (Wildman–Crippen MR) is 80.5 cm³/mol. The molecule has 0 radical (unpaired) electrons. The van der Waals surface area contributed by atoms with Crippen molar-refractivity contribution in [2.24, 2.45) is 0 Å². The molecule has 2 heteroatoms. The minimum absolute atomic E-state index is 0.779. The Morgan fingerprint density at radius 1 is 1.11 bits per heavy atom. The molecular formula is C17H23NO. The molecule has 1 aromatic heterocycles. The van der Waals surface area contributed by atoms with Gasteiger partial charge in [-0.3, -0.25) is 0 Å². The molecule has 2 aromatic rings. The van der Waals surface area contributed by atoms with Crippen molar-refractivity contribution in [3.63, 3.8) is 0 Å². The van der Waals surface area contributed by atoms with Crippen molar-refractivity contribution in [3.05, 3.63) is 47.8 Å². The molecule has 2 nitrogen and oxygen atoms in total. The Hall–Kier alpha value is -1.54. The van der Waals surface area contributed by atoms with Crippen LogP contribution in [0, 0.1) is 0 Å². The Kier molecular flexibility index (Phi) is 4.80. The first-order valence-corrected chi connectivity index (χ1v) is 7.07. The Labute approximate surface area is 116 Å². The van der Waals surface area contributed by atoms with E-state index in [2.05, 4.69) is 54.8 Å². The zero-order chi connectivity index (χ0) is 13.7. The fourth-order valence-corrected chi connectivity index (χ4v) is 2.70. The third-order valence-corrected chi connectivity index (χ3v) is 3.59. The molecule has 0 fully saturated rings. The second kappa shape index (κ2) is 6.58. The summed E-state index contributed by atoms with van der Waals surface area (Å²) >= 11 is 0. The molecule has 102 valence electrons. The molecule has 0 atom stereocenters. The van der Waals surface area contributed by atoms with Gasteiger partial charge in [0.2, 0.25) is 0 Å². The normalized spacial score (nSPS) is 10.9. The smallest absolute Gasteiger partial charge is 0.0517 e. The number of benzene rings is 1. The van der Waals surface area contributed by atoms with Gasteiger partial charge in [-0.25, -0.2) is 0 Å². The minimum atomic E-state index is 0.779. The highest BCUT2D eigenvalue weighted by Gasteiger charge is 2.13. The zero-order valence-corrected chi connectivity index (χ0v) is 12.1. The summed E-state index contributed by atoms with van der Waals surface area (Å²) in [6.07, 6.45) is 2.04. The zero-order valence-electron chi connectivity index (χ0n) is 12.1. The van der Waals surface area contributed by atoms with Gasteiger partial charge in [-0.1, -0.05) is 37.3 Å². The molecule has 0 bridgehead atoms. The lowest BCUT2D eigenvalue weighted by Crippen LogP contribution is -2.07. The second-order valence-electron chi connectivity index (χ2n) is 4.70. The van der Waals surface area contributed by atoms with Gasteiger partial charge in [0.05, 0.1) is 6.61 Å². The van der Waals surface area contributed by atoms with Crippen LogP contribution in [0.3, 0.4) is 0 Å². The Morgan fingerprint density at radius 2 is 1.84 bits per heavy atom. The molecule has 1 aromatic carbocycles. The number of rotatable bonds is 6. The van der Waals surface area contributed by atoms with Gasteiger partial charge in [-0.15, -0.1) is 0 Å². The average Bonchev–Trinajstić information content (AvgIpc) is 2.83. The van der Waals surface area contributed by atoms with Gasteiger partial charge in [-0.2, -0.15) is 0 Å². The fraction of sp³-hybridized carbons (Fsp3) is 0.412. The summed E-state index contributed by atoms with van der Waals surface area (Å²) in [6.45, 7) is 6.24. The number of nitrogens with zero attached hydrogens (tertiary/aromatic N) is 1. The van der Waals surface area contributed by atoms with E-state index in [9.17, 15) is 0 Å². The first kappa shape index (κ1) is 13.9. The van der Waals surface area contributed by atoms with Gasteiger partial charge >= 0.3 is 0 Å². The minimum Gasteiger partial charge on any atom is -0.384 e. The van der Waals surface area contributed by atoms with E-state index < -0.39 is 0 Å². The van der Waals surface area contributed by atoms with Crippen molar-refractivity contribution in [1.82, 2.24) is 4.57 Å². The highest BCUT2D eigenvalue weighted by molar-refractivity contribution is 5.67. The van der Waals surface area contributed by atoms with Gasteiger partial charge < -0.3 is 9.30 Å². The Morgan fingerprint density at radius 3 is 2.42 bits per heavy atom. The molecule has 2 rings (SSSR count). The maximum absolute atomic E-state index is 5.22. The topological polar surface area (TPSA) is 14.2 Å². The van der Waals surface area contributed by atoms with Crippen LogP contribution in [0.4, 0.5) is 0 Å². The summed E-state index contributed by atoms with van der Waals surface area (Å²) in [5.41, 5.74) is 5.49. The van der Waals surface area contributed by atoms with Gasteiger partial charge in [0, 0.05) is 37.0 Å². The van der Waals surface area contributed by atoms with Crippen LogP contribution in [0.2, 0.25) is 0 Å². The number of hydrogen-bond acceptors (Lipinski definition) is 1. The average molecular weight is 257 g/mol. The third kappa shape index (κ3) is 2.90. The summed E-state index contributed by atoms with van der Waals surface area (Å²) in [7, 11) is 1.76. The molecule has 0 aliphatic heterocycles. The van der Waals surface area contributed by atoms with Crippen LogP contribution in [0.1, 0.15) is 25.2 Å². The number of ether oxygens (including phenoxy) is 1. The summed E-state index contributed by atoms with van der Waals surface area (Å²) in [6, 6.07) is 13.0. The van der Waals surface area contributed by atoms with E-state index in [-0.39, 0.29) is 0 Å². The Balaban J connectivity index is 2.46. The molecule has 0 amide bonds. The van der Waals surface area contributed by atoms with Crippen molar-refractivity contribution in [3.8, 4) is 11.1 Å². The first-order valence-electron chi connectivity index (χ1n) is 7.07. The lowest BCUT2D eigenvalue weighted by molar-refractivity contribution is 0.200. The number of aromatic nitrogens is 1. The van der Waals surface area contributed by atoms with Crippen molar-refractivity contribution >= 4 is 0 Å². The summed E-state index contributed by atoms with van der Waals surface area (Å²) in [4.78, 5) is 0. The van der Waals surface area contributed by atoms with Gasteiger partial charge in [0.15, 0.2) is 0 Å². The van der Waals surface area contributed by atoms with Crippen molar-refractivity contribution in [1.29, 1.82) is 0 Å². The van der Waals surface area contributed by atoms with E-state index in [1.54, 1.807) is 7.11 Å². The standard InChI is InChI=1S/C17H23NO/c1-4-17-16(14-9-7-6-8-10-14)13-15(11-12-19-3)18(17)5-2/h6-10,13H,4-5,11-12H2,1-3H3. The summed E-state index contributed by atoms with van der Waals surface area (Å²) in [5.74, 6) is 0. The van der Waals surface area contributed by atoms with E-state index in [1.165, 1.54) is 22.5 Å². The van der Waals surface area contributed by atoms with Gasteiger partial charge in [-0.05, 0) is 25.0 Å². The van der Waals surface area contributed by atoms with E-state index in [0.717, 1.165) is 26.0 Å². The maximum Gasteiger partial charge on any atom is 0.0517 e. The third-order valence-electron chi connectivity index (χ3n) is 3.59. The van der Waals surface area contributed by atoms with Crippen LogP contribution in [-0.2, 0) is 24.1 Å². The molecule has 0 aliphatic carbocycles. The highest BCUT2D eigenvalue weighted by atomic mass is 16.5. The first-order chi connectivity index (χ1) is 9.31. The van der Waals surface area contributed by atoms with Crippen molar-refractivity contribution in [2.75, 3.05) is 13.7 Å². The van der Waals surface area contributed by atoms with Crippen LogP contribution in [-0.4, -0.2) is 18.3 Å². The lowest BCUT2D eigenvalue weighted by Gasteiger charge is -2.10. The molecule has 1 heterocycles. The molecule has 0 aliphatic rings. The van der Waals surface area contributed by atoms with Crippen LogP contribution in [0.5, 0.6) is 0 Å². The number of hydrogen-bond donors (Lipinski definition) is 0. The SMILES string of the molecule is CCc1c(-c2ccccc2)cc(CCOC)n1CC. The predicted octanol–water partition coefficient (Wildman–Crippen LogP) is 3.93. The van der Waals surface area contributed by atoms with Gasteiger partial charge in [0.1, 0.15) is 0 Å². The second-order valence-corrected chi connectivity index (χ2v) is 4.70. The number of methoxy groups -OCH3 is 1. The molecule has 0 saturated carbocycles. The molecule has 19 heavy (non-hydrogen) atoms. The van der Waals surface area contributed by atoms with E-state index in [4.69, 9.17) is 4.74 Å². The van der Waals surface area contributed by atoms with E-state index in [1.807, 2.05) is 0 Å². The fourth-order valence-electron chi connectivity index (χ4n) is 2.70.